The second-order valence-electron chi connectivity index (χ2n) is 8.46. The Hall–Kier alpha value is -2.82. The van der Waals surface area contributed by atoms with Gasteiger partial charge >= 0.3 is 0 Å². The van der Waals surface area contributed by atoms with Gasteiger partial charge in [-0.05, 0) is 50.6 Å². The second-order valence-corrected chi connectivity index (χ2v) is 8.87. The zero-order chi connectivity index (χ0) is 23.2. The van der Waals surface area contributed by atoms with Crippen molar-refractivity contribution in [2.24, 2.45) is 5.92 Å². The van der Waals surface area contributed by atoms with E-state index in [1.165, 1.54) is 12.8 Å². The van der Waals surface area contributed by atoms with Crippen LogP contribution in [0.5, 0.6) is 11.5 Å². The first-order valence-electron chi connectivity index (χ1n) is 11.7. The van der Waals surface area contributed by atoms with Crippen LogP contribution in [0.3, 0.4) is 0 Å². The molecule has 7 nitrogen and oxygen atoms in total. The van der Waals surface area contributed by atoms with Gasteiger partial charge in [0, 0.05) is 42.6 Å². The third-order valence-electron chi connectivity index (χ3n) is 6.24. The zero-order valence-electron chi connectivity index (χ0n) is 19.2. The Bertz CT molecular complexity index is 1000. The highest BCUT2D eigenvalue weighted by Gasteiger charge is 2.31. The fourth-order valence-corrected chi connectivity index (χ4v) is 4.71. The Labute approximate surface area is 200 Å². The Morgan fingerprint density at radius 1 is 1.18 bits per heavy atom. The van der Waals surface area contributed by atoms with E-state index < -0.39 is 0 Å². The van der Waals surface area contributed by atoms with E-state index in [1.807, 2.05) is 44.3 Å². The highest BCUT2D eigenvalue weighted by atomic mass is 35.5. The molecule has 0 bridgehead atoms. The average molecular weight is 470 g/mol. The van der Waals surface area contributed by atoms with Gasteiger partial charge in [0.1, 0.15) is 18.1 Å². The first-order chi connectivity index (χ1) is 16.1. The van der Waals surface area contributed by atoms with Gasteiger partial charge in [-0.1, -0.05) is 18.0 Å². The van der Waals surface area contributed by atoms with Gasteiger partial charge in [-0.3, -0.25) is 0 Å². The number of anilines is 3. The summed E-state index contributed by atoms with van der Waals surface area (Å²) < 4.78 is 11.8. The Balaban J connectivity index is 1.52. The van der Waals surface area contributed by atoms with Gasteiger partial charge in [0.05, 0.1) is 35.3 Å². The first-order valence-corrected chi connectivity index (χ1v) is 12.0. The molecule has 4 rings (SSSR count). The third-order valence-corrected chi connectivity index (χ3v) is 6.54. The molecule has 2 aromatic rings. The SMILES string of the molecule is CCOc1cc2c(cc1NC)C(Nc1ccc(OCC3CCCCN3)c(Cl)c1)C(C#N)CN2. The van der Waals surface area contributed by atoms with Crippen molar-refractivity contribution < 1.29 is 9.47 Å². The van der Waals surface area contributed by atoms with E-state index in [2.05, 4.69) is 27.3 Å². The average Bonchev–Trinajstić information content (AvgIpc) is 2.84. The lowest BCUT2D eigenvalue weighted by Crippen LogP contribution is -2.38. The van der Waals surface area contributed by atoms with E-state index in [1.54, 1.807) is 0 Å². The number of nitriles is 1. The molecule has 1 saturated heterocycles. The molecular formula is C25H32ClN5O2. The van der Waals surface area contributed by atoms with Gasteiger partial charge in [0.2, 0.25) is 0 Å². The molecule has 3 unspecified atom stereocenters. The largest absolute Gasteiger partial charge is 0.492 e. The number of nitrogens with one attached hydrogen (secondary N) is 4. The van der Waals surface area contributed by atoms with Crippen molar-refractivity contribution in [2.75, 3.05) is 49.3 Å². The van der Waals surface area contributed by atoms with Crippen molar-refractivity contribution in [3.63, 3.8) is 0 Å². The topological polar surface area (TPSA) is 90.4 Å². The van der Waals surface area contributed by atoms with Crippen molar-refractivity contribution >= 4 is 28.7 Å². The zero-order valence-corrected chi connectivity index (χ0v) is 20.0. The van der Waals surface area contributed by atoms with E-state index in [4.69, 9.17) is 21.1 Å². The quantitative estimate of drug-likeness (QED) is 0.431. The minimum Gasteiger partial charge on any atom is -0.492 e. The lowest BCUT2D eigenvalue weighted by atomic mass is 9.88. The molecule has 4 N–H and O–H groups in total. The molecule has 0 aromatic heterocycles. The molecular weight excluding hydrogens is 438 g/mol. The molecule has 176 valence electrons. The van der Waals surface area contributed by atoms with Gasteiger partial charge in [0.15, 0.2) is 0 Å². The van der Waals surface area contributed by atoms with Gasteiger partial charge in [-0.2, -0.15) is 5.26 Å². The number of fused-ring (bicyclic) bond motifs is 1. The van der Waals surface area contributed by atoms with Gasteiger partial charge in [0.25, 0.3) is 0 Å². The number of hydrogen-bond donors (Lipinski definition) is 4. The molecule has 0 aliphatic carbocycles. The van der Waals surface area contributed by atoms with Crippen LogP contribution in [0.1, 0.15) is 37.8 Å². The van der Waals surface area contributed by atoms with E-state index in [0.717, 1.165) is 41.3 Å². The highest BCUT2D eigenvalue weighted by Crippen LogP contribution is 2.42. The molecule has 2 heterocycles. The van der Waals surface area contributed by atoms with E-state index in [0.29, 0.717) is 36.6 Å². The third kappa shape index (κ3) is 5.40. The first kappa shape index (κ1) is 23.3. The van der Waals surface area contributed by atoms with Crippen molar-refractivity contribution in [3.05, 3.63) is 40.9 Å². The summed E-state index contributed by atoms with van der Waals surface area (Å²) in [7, 11) is 1.87. The van der Waals surface area contributed by atoms with Gasteiger partial charge in [-0.15, -0.1) is 0 Å². The maximum atomic E-state index is 9.80. The highest BCUT2D eigenvalue weighted by molar-refractivity contribution is 6.32. The summed E-state index contributed by atoms with van der Waals surface area (Å²) in [6, 6.07) is 12.4. The van der Waals surface area contributed by atoms with E-state index >= 15 is 0 Å². The summed E-state index contributed by atoms with van der Waals surface area (Å²) in [5, 5.41) is 23.9. The minimum absolute atomic E-state index is 0.191. The molecule has 1 fully saturated rings. The maximum Gasteiger partial charge on any atom is 0.144 e. The summed E-state index contributed by atoms with van der Waals surface area (Å²) in [6.07, 6.45) is 3.59. The van der Waals surface area contributed by atoms with Crippen LogP contribution in [0.15, 0.2) is 30.3 Å². The van der Waals surface area contributed by atoms with Crippen LogP contribution < -0.4 is 30.7 Å². The number of rotatable bonds is 8. The molecule has 2 aromatic carbocycles. The fourth-order valence-electron chi connectivity index (χ4n) is 4.47. The molecule has 2 aliphatic rings. The molecule has 2 aliphatic heterocycles. The predicted octanol–water partition coefficient (Wildman–Crippen LogP) is 5.02. The van der Waals surface area contributed by atoms with Crippen molar-refractivity contribution in [1.29, 1.82) is 5.26 Å². The summed E-state index contributed by atoms with van der Waals surface area (Å²) in [4.78, 5) is 0. The number of nitrogens with zero attached hydrogens (tertiary/aromatic N) is 1. The van der Waals surface area contributed by atoms with Crippen LogP contribution in [0.25, 0.3) is 0 Å². The number of piperidine rings is 1. The van der Waals surface area contributed by atoms with E-state index in [-0.39, 0.29) is 12.0 Å². The molecule has 0 amide bonds. The second kappa shape index (κ2) is 10.9. The smallest absolute Gasteiger partial charge is 0.144 e. The monoisotopic (exact) mass is 469 g/mol. The number of halogens is 1. The molecule has 0 spiro atoms. The lowest BCUT2D eigenvalue weighted by Gasteiger charge is -2.33. The molecule has 3 atom stereocenters. The number of benzene rings is 2. The van der Waals surface area contributed by atoms with Crippen LogP contribution in [0, 0.1) is 17.2 Å². The number of ether oxygens (including phenoxy) is 2. The van der Waals surface area contributed by atoms with Crippen LogP contribution in [-0.4, -0.2) is 39.4 Å². The summed E-state index contributed by atoms with van der Waals surface area (Å²) in [5.74, 6) is 1.22. The van der Waals surface area contributed by atoms with Crippen molar-refractivity contribution in [2.45, 2.75) is 38.3 Å². The minimum atomic E-state index is -0.243. The summed E-state index contributed by atoms with van der Waals surface area (Å²) >= 11 is 6.55. The predicted molar refractivity (Wildman–Crippen MR) is 134 cm³/mol. The normalized spacial score (nSPS) is 21.8. The number of hydrogen-bond acceptors (Lipinski definition) is 7. The summed E-state index contributed by atoms with van der Waals surface area (Å²) in [5.41, 5.74) is 3.72. The Morgan fingerprint density at radius 3 is 2.76 bits per heavy atom. The van der Waals surface area contributed by atoms with Crippen molar-refractivity contribution in [1.82, 2.24) is 5.32 Å². The summed E-state index contributed by atoms with van der Waals surface area (Å²) in [6.45, 7) is 4.75. The molecule has 0 saturated carbocycles. The molecule has 33 heavy (non-hydrogen) atoms. The molecule has 0 radical (unpaired) electrons. The fraction of sp³-hybridized carbons (Fsp3) is 0.480. The molecule has 8 heteroatoms. The van der Waals surface area contributed by atoms with Crippen LogP contribution in [0.2, 0.25) is 5.02 Å². The van der Waals surface area contributed by atoms with E-state index in [9.17, 15) is 5.26 Å². The van der Waals surface area contributed by atoms with Crippen molar-refractivity contribution in [3.8, 4) is 17.6 Å². The van der Waals surface area contributed by atoms with Crippen LogP contribution in [-0.2, 0) is 0 Å². The van der Waals surface area contributed by atoms with Gasteiger partial charge in [-0.25, -0.2) is 0 Å². The van der Waals surface area contributed by atoms with Gasteiger partial charge < -0.3 is 30.7 Å². The standard InChI is InChI=1S/C25H32ClN5O2/c1-3-32-24-12-21-19(11-22(24)28-2)25(16(13-27)14-30-21)31-17-7-8-23(20(26)10-17)33-15-18-6-4-5-9-29-18/h7-8,10-12,16,18,25,28-31H,3-6,9,14-15H2,1-2H3. The van der Waals surface area contributed by atoms with Crippen LogP contribution >= 0.6 is 11.6 Å². The maximum absolute atomic E-state index is 9.80. The Morgan fingerprint density at radius 2 is 2.06 bits per heavy atom. The van der Waals surface area contributed by atoms with Crippen LogP contribution in [0.4, 0.5) is 17.1 Å². The Kier molecular flexibility index (Phi) is 7.69. The lowest BCUT2D eigenvalue weighted by molar-refractivity contribution is 0.239.